The Hall–Kier alpha value is -2.11. The second-order valence-corrected chi connectivity index (χ2v) is 4.46. The Morgan fingerprint density at radius 1 is 1.58 bits per heavy atom. The van der Waals surface area contributed by atoms with Crippen molar-refractivity contribution in [3.05, 3.63) is 24.0 Å². The number of pyridine rings is 1. The van der Waals surface area contributed by atoms with Gasteiger partial charge in [0.1, 0.15) is 0 Å². The van der Waals surface area contributed by atoms with Crippen LogP contribution in [0, 0.1) is 0 Å². The normalized spacial score (nSPS) is 18.6. The fourth-order valence-corrected chi connectivity index (χ4v) is 2.04. The summed E-state index contributed by atoms with van der Waals surface area (Å²) in [7, 11) is 0. The molecule has 1 unspecified atom stereocenters. The lowest BCUT2D eigenvalue weighted by molar-refractivity contribution is -0.122. The largest absolute Gasteiger partial charge is 0.385 e. The zero-order valence-electron chi connectivity index (χ0n) is 10.9. The summed E-state index contributed by atoms with van der Waals surface area (Å²) in [6.07, 6.45) is 4.33. The van der Waals surface area contributed by atoms with E-state index in [1.165, 1.54) is 0 Å². The van der Waals surface area contributed by atoms with Gasteiger partial charge in [0.25, 0.3) is 5.91 Å². The number of nitrogens with one attached hydrogen (secondary N) is 3. The smallest absolute Gasteiger partial charge is 0.255 e. The minimum absolute atomic E-state index is 0.0140. The van der Waals surface area contributed by atoms with Crippen LogP contribution in [0.5, 0.6) is 0 Å². The third kappa shape index (κ3) is 3.43. The van der Waals surface area contributed by atoms with Gasteiger partial charge in [-0.2, -0.15) is 0 Å². The molecule has 1 fully saturated rings. The first-order chi connectivity index (χ1) is 9.20. The summed E-state index contributed by atoms with van der Waals surface area (Å²) < 4.78 is 0. The van der Waals surface area contributed by atoms with Gasteiger partial charge < -0.3 is 16.0 Å². The molecule has 6 nitrogen and oxygen atoms in total. The van der Waals surface area contributed by atoms with Gasteiger partial charge in [0.15, 0.2) is 0 Å². The summed E-state index contributed by atoms with van der Waals surface area (Å²) in [4.78, 5) is 27.2. The van der Waals surface area contributed by atoms with E-state index in [2.05, 4.69) is 20.9 Å². The zero-order valence-corrected chi connectivity index (χ0v) is 10.9. The highest BCUT2D eigenvalue weighted by Crippen LogP contribution is 2.14. The lowest BCUT2D eigenvalue weighted by Crippen LogP contribution is -2.47. The molecule has 1 aliphatic heterocycles. The minimum Gasteiger partial charge on any atom is -0.385 e. The fraction of sp³-hybridized carbons (Fsp3) is 0.462. The van der Waals surface area contributed by atoms with Crippen LogP contribution in [0.3, 0.4) is 0 Å². The maximum Gasteiger partial charge on any atom is 0.255 e. The van der Waals surface area contributed by atoms with Crippen molar-refractivity contribution in [2.45, 2.75) is 25.8 Å². The molecule has 1 aromatic heterocycles. The number of aromatic nitrogens is 1. The van der Waals surface area contributed by atoms with Crippen molar-refractivity contribution in [2.24, 2.45) is 0 Å². The van der Waals surface area contributed by atoms with Crippen LogP contribution < -0.4 is 16.0 Å². The van der Waals surface area contributed by atoms with Crippen molar-refractivity contribution < 1.29 is 9.59 Å². The number of rotatable bonds is 4. The SMILES string of the molecule is CCNc1ccncc1C(=O)NC1CCC(=O)NC1. The molecule has 1 aliphatic rings. The predicted octanol–water partition coefficient (Wildman–Crippen LogP) is 0.522. The lowest BCUT2D eigenvalue weighted by atomic mass is 10.1. The van der Waals surface area contributed by atoms with E-state index < -0.39 is 0 Å². The Morgan fingerprint density at radius 3 is 3.11 bits per heavy atom. The van der Waals surface area contributed by atoms with Gasteiger partial charge in [-0.25, -0.2) is 0 Å². The van der Waals surface area contributed by atoms with Crippen molar-refractivity contribution in [2.75, 3.05) is 18.4 Å². The molecule has 0 radical (unpaired) electrons. The number of nitrogens with zero attached hydrogens (tertiary/aromatic N) is 1. The molecule has 2 heterocycles. The minimum atomic E-state index is -0.162. The summed E-state index contributed by atoms with van der Waals surface area (Å²) in [6, 6.07) is 1.76. The molecule has 19 heavy (non-hydrogen) atoms. The first-order valence-electron chi connectivity index (χ1n) is 6.46. The molecule has 1 atom stereocenters. The standard InChI is InChI=1S/C13H18N4O2/c1-2-15-11-5-6-14-8-10(11)13(19)17-9-3-4-12(18)16-7-9/h5-6,8-9H,2-4,7H2,1H3,(H,14,15)(H,16,18)(H,17,19). The number of hydrogen-bond donors (Lipinski definition) is 3. The Balaban J connectivity index is 2.01. The average Bonchev–Trinajstić information content (AvgIpc) is 2.42. The zero-order chi connectivity index (χ0) is 13.7. The van der Waals surface area contributed by atoms with Crippen LogP contribution in [0.2, 0.25) is 0 Å². The van der Waals surface area contributed by atoms with Gasteiger partial charge in [-0.15, -0.1) is 0 Å². The van der Waals surface area contributed by atoms with Crippen LogP contribution in [0.4, 0.5) is 5.69 Å². The summed E-state index contributed by atoms with van der Waals surface area (Å²) in [5, 5.41) is 8.80. The highest BCUT2D eigenvalue weighted by atomic mass is 16.2. The van der Waals surface area contributed by atoms with Crippen LogP contribution >= 0.6 is 0 Å². The molecule has 2 rings (SSSR count). The van der Waals surface area contributed by atoms with Gasteiger partial charge in [0, 0.05) is 37.9 Å². The van der Waals surface area contributed by atoms with Crippen LogP contribution in [0.1, 0.15) is 30.1 Å². The molecule has 1 aromatic rings. The molecular formula is C13H18N4O2. The maximum absolute atomic E-state index is 12.2. The maximum atomic E-state index is 12.2. The van der Waals surface area contributed by atoms with Gasteiger partial charge in [-0.05, 0) is 19.4 Å². The van der Waals surface area contributed by atoms with Gasteiger partial charge in [-0.3, -0.25) is 14.6 Å². The molecule has 102 valence electrons. The molecule has 0 aromatic carbocycles. The molecular weight excluding hydrogens is 244 g/mol. The summed E-state index contributed by atoms with van der Waals surface area (Å²) in [5.41, 5.74) is 1.30. The van der Waals surface area contributed by atoms with E-state index in [-0.39, 0.29) is 17.9 Å². The van der Waals surface area contributed by atoms with E-state index >= 15 is 0 Å². The third-order valence-electron chi connectivity index (χ3n) is 3.03. The highest BCUT2D eigenvalue weighted by molar-refractivity contribution is 5.99. The third-order valence-corrected chi connectivity index (χ3v) is 3.03. The summed E-state index contributed by atoms with van der Waals surface area (Å²) in [6.45, 7) is 3.20. The first kappa shape index (κ1) is 13.3. The Bertz CT molecular complexity index is 465. The van der Waals surface area contributed by atoms with Crippen molar-refractivity contribution >= 4 is 17.5 Å². The van der Waals surface area contributed by atoms with Crippen LogP contribution in [0.15, 0.2) is 18.5 Å². The highest BCUT2D eigenvalue weighted by Gasteiger charge is 2.21. The Labute approximate surface area is 112 Å². The van der Waals surface area contributed by atoms with E-state index in [1.54, 1.807) is 18.5 Å². The van der Waals surface area contributed by atoms with Gasteiger partial charge in [0.2, 0.25) is 5.91 Å². The number of hydrogen-bond acceptors (Lipinski definition) is 4. The van der Waals surface area contributed by atoms with Crippen molar-refractivity contribution in [3.8, 4) is 0 Å². The summed E-state index contributed by atoms with van der Waals surface area (Å²) >= 11 is 0. The fourth-order valence-electron chi connectivity index (χ4n) is 2.04. The van der Waals surface area contributed by atoms with Crippen LogP contribution in [0.25, 0.3) is 0 Å². The van der Waals surface area contributed by atoms with E-state index in [0.29, 0.717) is 24.9 Å². The monoisotopic (exact) mass is 262 g/mol. The number of carbonyl (C=O) groups excluding carboxylic acids is 2. The first-order valence-corrected chi connectivity index (χ1v) is 6.46. The Kier molecular flexibility index (Phi) is 4.33. The quantitative estimate of drug-likeness (QED) is 0.739. The van der Waals surface area contributed by atoms with Crippen LogP contribution in [-0.2, 0) is 4.79 Å². The molecule has 6 heteroatoms. The van der Waals surface area contributed by atoms with E-state index in [1.807, 2.05) is 6.92 Å². The van der Waals surface area contributed by atoms with Crippen molar-refractivity contribution in [3.63, 3.8) is 0 Å². The predicted molar refractivity (Wildman–Crippen MR) is 71.9 cm³/mol. The second-order valence-electron chi connectivity index (χ2n) is 4.46. The summed E-state index contributed by atoms with van der Waals surface area (Å²) in [5.74, 6) is -0.120. The van der Waals surface area contributed by atoms with E-state index in [4.69, 9.17) is 0 Å². The van der Waals surface area contributed by atoms with Crippen molar-refractivity contribution in [1.82, 2.24) is 15.6 Å². The lowest BCUT2D eigenvalue weighted by Gasteiger charge is -2.23. The number of piperidine rings is 1. The number of anilines is 1. The number of amides is 2. The average molecular weight is 262 g/mol. The molecule has 1 saturated heterocycles. The molecule has 0 bridgehead atoms. The van der Waals surface area contributed by atoms with Crippen LogP contribution in [-0.4, -0.2) is 35.9 Å². The Morgan fingerprint density at radius 2 is 2.42 bits per heavy atom. The molecule has 0 spiro atoms. The molecule has 3 N–H and O–H groups in total. The molecule has 0 aliphatic carbocycles. The molecule has 2 amide bonds. The van der Waals surface area contributed by atoms with Gasteiger partial charge in [0.05, 0.1) is 11.3 Å². The van der Waals surface area contributed by atoms with E-state index in [9.17, 15) is 9.59 Å². The van der Waals surface area contributed by atoms with Gasteiger partial charge in [-0.1, -0.05) is 0 Å². The van der Waals surface area contributed by atoms with Crippen molar-refractivity contribution in [1.29, 1.82) is 0 Å². The topological polar surface area (TPSA) is 83.1 Å². The van der Waals surface area contributed by atoms with Gasteiger partial charge >= 0.3 is 0 Å². The second kappa shape index (κ2) is 6.17. The number of carbonyl (C=O) groups is 2. The molecule has 0 saturated carbocycles. The van der Waals surface area contributed by atoms with E-state index in [0.717, 1.165) is 12.2 Å².